The number of carbonyl (C=O) groups excluding carboxylic acids is 1. The van der Waals surface area contributed by atoms with Gasteiger partial charge in [-0.05, 0) is 51.0 Å². The fraction of sp³-hybridized carbons (Fsp3) is 0.467. The van der Waals surface area contributed by atoms with Gasteiger partial charge in [-0.1, -0.05) is 6.07 Å². The van der Waals surface area contributed by atoms with Crippen molar-refractivity contribution in [2.24, 2.45) is 0 Å². The van der Waals surface area contributed by atoms with Crippen LogP contribution in [0.3, 0.4) is 0 Å². The van der Waals surface area contributed by atoms with Crippen LogP contribution in [0.2, 0.25) is 0 Å². The zero-order valence-corrected chi connectivity index (χ0v) is 13.0. The fourth-order valence-corrected chi connectivity index (χ4v) is 2.34. The highest BCUT2D eigenvalue weighted by Gasteiger charge is 2.26. The Morgan fingerprint density at radius 2 is 2.00 bits per heavy atom. The first-order chi connectivity index (χ1) is 8.77. The lowest BCUT2D eigenvalue weighted by Crippen LogP contribution is -2.44. The van der Waals surface area contributed by atoms with E-state index in [9.17, 15) is 4.79 Å². The molecule has 1 aromatic rings. The molecule has 1 amide bonds. The monoisotopic (exact) mass is 276 g/mol. The topological polar surface area (TPSA) is 44.1 Å². The summed E-state index contributed by atoms with van der Waals surface area (Å²) in [6, 6.07) is 8.30. The van der Waals surface area contributed by atoms with Crippen LogP contribution in [0.25, 0.3) is 0 Å². The molecule has 1 aromatic carbocycles. The van der Waals surface area contributed by atoms with E-state index in [0.29, 0.717) is 5.75 Å². The second-order valence-electron chi connectivity index (χ2n) is 5.16. The summed E-state index contributed by atoms with van der Waals surface area (Å²) in [7, 11) is 1.67. The number of amides is 1. The van der Waals surface area contributed by atoms with Gasteiger partial charge in [0.25, 0.3) is 0 Å². The summed E-state index contributed by atoms with van der Waals surface area (Å²) in [6.45, 7) is 7.61. The summed E-state index contributed by atoms with van der Waals surface area (Å²) >= 11 is 1.51. The number of hydrogen-bond acceptors (Lipinski definition) is 3. The summed E-state index contributed by atoms with van der Waals surface area (Å²) < 4.78 is 0. The van der Waals surface area contributed by atoms with Gasteiger partial charge in [0.15, 0.2) is 0 Å². The molecule has 0 saturated carbocycles. The smallest absolute Gasteiger partial charge is 0.233 e. The Morgan fingerprint density at radius 3 is 2.53 bits per heavy atom. The van der Waals surface area contributed by atoms with Crippen LogP contribution >= 0.6 is 11.8 Å². The van der Waals surface area contributed by atoms with Crippen molar-refractivity contribution in [2.75, 3.05) is 12.8 Å². The van der Waals surface area contributed by atoms with Crippen molar-refractivity contribution in [3.63, 3.8) is 0 Å². The Morgan fingerprint density at radius 1 is 1.37 bits per heavy atom. The molecular weight excluding hydrogens is 256 g/mol. The predicted molar refractivity (Wildman–Crippen MR) is 79.1 cm³/mol. The molecule has 0 fully saturated rings. The van der Waals surface area contributed by atoms with Gasteiger partial charge in [-0.15, -0.1) is 11.8 Å². The van der Waals surface area contributed by atoms with Gasteiger partial charge in [-0.25, -0.2) is 0 Å². The molecule has 0 aliphatic heterocycles. The first kappa shape index (κ1) is 15.6. The molecule has 1 rings (SSSR count). The number of aryl methyl sites for hydroxylation is 2. The Balaban J connectivity index is 2.65. The van der Waals surface area contributed by atoms with Crippen molar-refractivity contribution in [1.29, 1.82) is 5.26 Å². The molecule has 0 N–H and O–H groups in total. The minimum absolute atomic E-state index is 0.0326. The molecule has 0 unspecified atom stereocenters. The summed E-state index contributed by atoms with van der Waals surface area (Å²) in [5.41, 5.74) is 1.71. The molecule has 0 spiro atoms. The highest BCUT2D eigenvalue weighted by Crippen LogP contribution is 2.22. The molecule has 102 valence electrons. The molecule has 0 aromatic heterocycles. The summed E-state index contributed by atoms with van der Waals surface area (Å²) in [6.07, 6.45) is 0. The zero-order valence-electron chi connectivity index (χ0n) is 12.2. The summed E-state index contributed by atoms with van der Waals surface area (Å²) in [5, 5.41) is 9.01. The van der Waals surface area contributed by atoms with E-state index < -0.39 is 5.54 Å². The molecule has 0 radical (unpaired) electrons. The Hall–Kier alpha value is -1.47. The lowest BCUT2D eigenvalue weighted by Gasteiger charge is -2.29. The van der Waals surface area contributed by atoms with Gasteiger partial charge < -0.3 is 4.90 Å². The lowest BCUT2D eigenvalue weighted by molar-refractivity contribution is -0.130. The molecule has 19 heavy (non-hydrogen) atoms. The molecule has 3 nitrogen and oxygen atoms in total. The van der Waals surface area contributed by atoms with Gasteiger partial charge in [0, 0.05) is 11.9 Å². The minimum Gasteiger partial charge on any atom is -0.327 e. The number of nitrogens with zero attached hydrogens (tertiary/aromatic N) is 2. The van der Waals surface area contributed by atoms with Crippen LogP contribution in [0.1, 0.15) is 25.0 Å². The van der Waals surface area contributed by atoms with Crippen molar-refractivity contribution in [1.82, 2.24) is 4.90 Å². The van der Waals surface area contributed by atoms with Gasteiger partial charge in [0.1, 0.15) is 5.54 Å². The molecule has 0 saturated heterocycles. The maximum absolute atomic E-state index is 12.0. The normalized spacial score (nSPS) is 10.9. The van der Waals surface area contributed by atoms with Crippen LogP contribution in [0.15, 0.2) is 23.1 Å². The predicted octanol–water partition coefficient (Wildman–Crippen LogP) is 3.16. The number of rotatable bonds is 4. The third kappa shape index (κ3) is 4.00. The standard InChI is InChI=1S/C15H20N2OS/c1-11-6-7-13(8-12(11)2)19-9-14(18)17(5)15(3,4)10-16/h6-8H,9H2,1-5H3. The minimum atomic E-state index is -0.763. The van der Waals surface area contributed by atoms with Crippen molar-refractivity contribution in [3.05, 3.63) is 29.3 Å². The average molecular weight is 276 g/mol. The molecule has 0 bridgehead atoms. The Bertz CT molecular complexity index is 517. The number of hydrogen-bond donors (Lipinski definition) is 0. The second kappa shape index (κ2) is 6.12. The fourth-order valence-electron chi connectivity index (χ4n) is 1.43. The summed E-state index contributed by atoms with van der Waals surface area (Å²) in [5.74, 6) is 0.319. The van der Waals surface area contributed by atoms with Crippen LogP contribution in [-0.4, -0.2) is 29.1 Å². The van der Waals surface area contributed by atoms with E-state index in [-0.39, 0.29) is 5.91 Å². The van der Waals surface area contributed by atoms with Crippen LogP contribution < -0.4 is 0 Å². The first-order valence-corrected chi connectivity index (χ1v) is 7.14. The van der Waals surface area contributed by atoms with Crippen molar-refractivity contribution >= 4 is 17.7 Å². The highest BCUT2D eigenvalue weighted by atomic mass is 32.2. The first-order valence-electron chi connectivity index (χ1n) is 6.16. The summed E-state index contributed by atoms with van der Waals surface area (Å²) in [4.78, 5) is 14.6. The lowest BCUT2D eigenvalue weighted by atomic mass is 10.1. The maximum atomic E-state index is 12.0. The molecule has 0 atom stereocenters. The second-order valence-corrected chi connectivity index (χ2v) is 6.21. The number of carbonyl (C=O) groups is 1. The number of thioether (sulfide) groups is 1. The zero-order chi connectivity index (χ0) is 14.6. The van der Waals surface area contributed by atoms with Crippen LogP contribution in [0, 0.1) is 25.2 Å². The molecule has 0 aliphatic carbocycles. The van der Waals surface area contributed by atoms with Crippen molar-refractivity contribution in [2.45, 2.75) is 38.1 Å². The molecule has 0 heterocycles. The van der Waals surface area contributed by atoms with Gasteiger partial charge in [0.2, 0.25) is 5.91 Å². The van der Waals surface area contributed by atoms with Crippen molar-refractivity contribution < 1.29 is 4.79 Å². The van der Waals surface area contributed by atoms with E-state index in [1.165, 1.54) is 27.8 Å². The number of benzene rings is 1. The van der Waals surface area contributed by atoms with Crippen LogP contribution in [0.5, 0.6) is 0 Å². The molecule has 0 aliphatic rings. The third-order valence-electron chi connectivity index (χ3n) is 3.33. The van der Waals surface area contributed by atoms with Gasteiger partial charge in [-0.3, -0.25) is 4.79 Å². The molecule has 4 heteroatoms. The maximum Gasteiger partial charge on any atom is 0.233 e. The number of nitriles is 1. The van der Waals surface area contributed by atoms with E-state index in [4.69, 9.17) is 5.26 Å². The average Bonchev–Trinajstić information content (AvgIpc) is 2.38. The SMILES string of the molecule is Cc1ccc(SCC(=O)N(C)C(C)(C)C#N)cc1C. The van der Waals surface area contributed by atoms with Crippen LogP contribution in [0.4, 0.5) is 0 Å². The van der Waals surface area contributed by atoms with Crippen LogP contribution in [-0.2, 0) is 4.79 Å². The van der Waals surface area contributed by atoms with Crippen molar-refractivity contribution in [3.8, 4) is 6.07 Å². The van der Waals surface area contributed by atoms with Gasteiger partial charge in [-0.2, -0.15) is 5.26 Å². The molecular formula is C15H20N2OS. The third-order valence-corrected chi connectivity index (χ3v) is 4.31. The largest absolute Gasteiger partial charge is 0.327 e. The van der Waals surface area contributed by atoms with E-state index in [1.54, 1.807) is 20.9 Å². The van der Waals surface area contributed by atoms with E-state index in [2.05, 4.69) is 32.0 Å². The Labute approximate surface area is 119 Å². The van der Waals surface area contributed by atoms with Gasteiger partial charge in [0.05, 0.1) is 11.8 Å². The quantitative estimate of drug-likeness (QED) is 0.793. The van der Waals surface area contributed by atoms with E-state index >= 15 is 0 Å². The van der Waals surface area contributed by atoms with Gasteiger partial charge >= 0.3 is 0 Å². The van der Waals surface area contributed by atoms with E-state index in [1.807, 2.05) is 6.07 Å². The van der Waals surface area contributed by atoms with E-state index in [0.717, 1.165) is 4.90 Å². The Kier molecular flexibility index (Phi) is 5.02. The highest BCUT2D eigenvalue weighted by molar-refractivity contribution is 8.00.